The van der Waals surface area contributed by atoms with Crippen LogP contribution in [0.25, 0.3) is 5.69 Å². The fourth-order valence-electron chi connectivity index (χ4n) is 4.63. The van der Waals surface area contributed by atoms with Gasteiger partial charge in [-0.25, -0.2) is 4.39 Å². The van der Waals surface area contributed by atoms with E-state index in [0.717, 1.165) is 22.2 Å². The van der Waals surface area contributed by atoms with Crippen molar-refractivity contribution in [3.05, 3.63) is 101 Å². The van der Waals surface area contributed by atoms with E-state index in [4.69, 9.17) is 11.6 Å². The van der Waals surface area contributed by atoms with Gasteiger partial charge in [-0.15, -0.1) is 10.2 Å². The molecule has 0 radical (unpaired) electrons. The van der Waals surface area contributed by atoms with Crippen LogP contribution in [0.4, 0.5) is 10.1 Å². The summed E-state index contributed by atoms with van der Waals surface area (Å²) in [6.07, 6.45) is 0. The van der Waals surface area contributed by atoms with Crippen molar-refractivity contribution in [2.75, 3.05) is 31.1 Å². The highest BCUT2D eigenvalue weighted by Gasteiger charge is 2.25. The molecule has 0 aliphatic carbocycles. The summed E-state index contributed by atoms with van der Waals surface area (Å²) in [6, 6.07) is 22.1. The van der Waals surface area contributed by atoms with E-state index >= 15 is 0 Å². The smallest absolute Gasteiger partial charge is 0.254 e. The average molecular weight is 550 g/mol. The maximum Gasteiger partial charge on any atom is 0.254 e. The molecular weight excluding hydrogens is 521 g/mol. The second-order valence-corrected chi connectivity index (χ2v) is 10.9. The van der Waals surface area contributed by atoms with Crippen LogP contribution in [0.3, 0.4) is 0 Å². The summed E-state index contributed by atoms with van der Waals surface area (Å²) < 4.78 is 16.3. The monoisotopic (exact) mass is 549 g/mol. The average Bonchev–Trinajstić information content (AvgIpc) is 3.37. The highest BCUT2D eigenvalue weighted by Crippen LogP contribution is 2.30. The van der Waals surface area contributed by atoms with Crippen LogP contribution >= 0.6 is 23.4 Å². The Hall–Kier alpha value is -3.36. The Morgan fingerprint density at radius 3 is 2.45 bits per heavy atom. The minimum atomic E-state index is -0.235. The lowest BCUT2D eigenvalue weighted by molar-refractivity contribution is 0.0746. The van der Waals surface area contributed by atoms with Crippen LogP contribution in [0.5, 0.6) is 0 Å². The first-order valence-corrected chi connectivity index (χ1v) is 14.0. The summed E-state index contributed by atoms with van der Waals surface area (Å²) in [7, 11) is 0. The Bertz CT molecular complexity index is 1430. The molecule has 0 atom stereocenters. The predicted octanol–water partition coefficient (Wildman–Crippen LogP) is 6.44. The van der Waals surface area contributed by atoms with Crippen LogP contribution < -0.4 is 4.90 Å². The SMILES string of the molecule is CC(C)c1nnc(SCc2ccccc2C(=O)N2CCN(c3ccccc3F)CC2)n1-c1cccc(Cl)c1. The van der Waals surface area contributed by atoms with Gasteiger partial charge in [-0.05, 0) is 42.0 Å². The quantitative estimate of drug-likeness (QED) is 0.248. The van der Waals surface area contributed by atoms with Crippen molar-refractivity contribution in [2.45, 2.75) is 30.7 Å². The summed E-state index contributed by atoms with van der Waals surface area (Å²) in [6.45, 7) is 6.42. The largest absolute Gasteiger partial charge is 0.366 e. The van der Waals surface area contributed by atoms with Crippen LogP contribution in [0.1, 0.15) is 41.5 Å². The number of aromatic nitrogens is 3. The van der Waals surface area contributed by atoms with E-state index in [1.807, 2.05) is 69.0 Å². The number of piperazine rings is 1. The summed E-state index contributed by atoms with van der Waals surface area (Å²) >= 11 is 7.82. The van der Waals surface area contributed by atoms with E-state index in [1.54, 1.807) is 23.9 Å². The van der Waals surface area contributed by atoms with Crippen LogP contribution in [-0.4, -0.2) is 51.8 Å². The number of benzene rings is 3. The van der Waals surface area contributed by atoms with Gasteiger partial charge in [0.2, 0.25) is 0 Å². The maximum atomic E-state index is 14.2. The molecular formula is C29H29ClFN5OS. The second-order valence-electron chi connectivity index (χ2n) is 9.49. The minimum absolute atomic E-state index is 0.00596. The number of hydrogen-bond acceptors (Lipinski definition) is 5. The molecule has 38 heavy (non-hydrogen) atoms. The van der Waals surface area contributed by atoms with Gasteiger partial charge in [0.15, 0.2) is 5.16 Å². The number of anilines is 1. The van der Waals surface area contributed by atoms with E-state index in [9.17, 15) is 9.18 Å². The fraction of sp³-hybridized carbons (Fsp3) is 0.276. The van der Waals surface area contributed by atoms with Gasteiger partial charge >= 0.3 is 0 Å². The van der Waals surface area contributed by atoms with Gasteiger partial charge in [-0.2, -0.15) is 0 Å². The number of nitrogens with zero attached hydrogens (tertiary/aromatic N) is 5. The van der Waals surface area contributed by atoms with Gasteiger partial charge in [0.1, 0.15) is 11.6 Å². The molecule has 4 aromatic rings. The molecule has 1 aromatic heterocycles. The van der Waals surface area contributed by atoms with E-state index in [-0.39, 0.29) is 17.6 Å². The summed E-state index contributed by atoms with van der Waals surface area (Å²) in [5.74, 6) is 1.35. The zero-order valence-corrected chi connectivity index (χ0v) is 22.9. The van der Waals surface area contributed by atoms with E-state index in [1.165, 1.54) is 6.07 Å². The molecule has 1 fully saturated rings. The highest BCUT2D eigenvalue weighted by molar-refractivity contribution is 7.98. The molecule has 5 rings (SSSR count). The molecule has 2 heterocycles. The second kappa shape index (κ2) is 11.6. The third-order valence-electron chi connectivity index (χ3n) is 6.61. The summed E-state index contributed by atoms with van der Waals surface area (Å²) in [5.41, 5.74) is 3.11. The molecule has 0 unspecified atom stereocenters. The summed E-state index contributed by atoms with van der Waals surface area (Å²) in [4.78, 5) is 17.4. The number of hydrogen-bond donors (Lipinski definition) is 0. The van der Waals surface area contributed by atoms with Crippen LogP contribution in [0.2, 0.25) is 5.02 Å². The van der Waals surface area contributed by atoms with Crippen molar-refractivity contribution in [2.24, 2.45) is 0 Å². The Balaban J connectivity index is 1.32. The van der Waals surface area contributed by atoms with Crippen molar-refractivity contribution in [1.82, 2.24) is 19.7 Å². The van der Waals surface area contributed by atoms with Gasteiger partial charge < -0.3 is 9.80 Å². The molecule has 0 spiro atoms. The van der Waals surface area contributed by atoms with E-state index < -0.39 is 0 Å². The number of halogens is 2. The van der Waals surface area contributed by atoms with Crippen molar-refractivity contribution in [1.29, 1.82) is 0 Å². The van der Waals surface area contributed by atoms with E-state index in [0.29, 0.717) is 48.2 Å². The molecule has 1 aliphatic rings. The number of amides is 1. The number of thioether (sulfide) groups is 1. The maximum absolute atomic E-state index is 14.2. The van der Waals surface area contributed by atoms with Gasteiger partial charge in [-0.1, -0.05) is 73.6 Å². The topological polar surface area (TPSA) is 54.3 Å². The van der Waals surface area contributed by atoms with Crippen LogP contribution in [0, 0.1) is 5.82 Å². The van der Waals surface area contributed by atoms with Crippen molar-refractivity contribution in [3.8, 4) is 5.69 Å². The van der Waals surface area contributed by atoms with Gasteiger partial charge in [-0.3, -0.25) is 9.36 Å². The summed E-state index contributed by atoms with van der Waals surface area (Å²) in [5, 5.41) is 10.3. The van der Waals surface area contributed by atoms with Gasteiger partial charge in [0.25, 0.3) is 5.91 Å². The third kappa shape index (κ3) is 5.56. The number of para-hydroxylation sites is 1. The molecule has 196 valence electrons. The minimum Gasteiger partial charge on any atom is -0.366 e. The zero-order chi connectivity index (χ0) is 26.6. The lowest BCUT2D eigenvalue weighted by atomic mass is 10.1. The molecule has 1 amide bonds. The fourth-order valence-corrected chi connectivity index (χ4v) is 5.78. The standard InChI is InChI=1S/C29H29ClFN5OS/c1-20(2)27-32-33-29(36(27)23-10-7-9-22(30)18-23)38-19-21-8-3-4-11-24(21)28(37)35-16-14-34(15-17-35)26-13-6-5-12-25(26)31/h3-13,18,20H,14-17,19H2,1-2H3. The number of carbonyl (C=O) groups is 1. The molecule has 1 saturated heterocycles. The van der Waals surface area contributed by atoms with Crippen molar-refractivity contribution in [3.63, 3.8) is 0 Å². The molecule has 3 aromatic carbocycles. The van der Waals surface area contributed by atoms with Crippen molar-refractivity contribution >= 4 is 35.0 Å². The Labute approximate surface area is 231 Å². The number of rotatable bonds is 7. The molecule has 6 nitrogen and oxygen atoms in total. The first kappa shape index (κ1) is 26.3. The van der Waals surface area contributed by atoms with Gasteiger partial charge in [0.05, 0.1) is 11.4 Å². The Morgan fingerprint density at radius 2 is 1.71 bits per heavy atom. The molecule has 0 N–H and O–H groups in total. The highest BCUT2D eigenvalue weighted by atomic mass is 35.5. The van der Waals surface area contributed by atoms with Crippen LogP contribution in [-0.2, 0) is 5.75 Å². The van der Waals surface area contributed by atoms with Gasteiger partial charge in [0, 0.05) is 48.4 Å². The van der Waals surface area contributed by atoms with Crippen LogP contribution in [0.15, 0.2) is 78.0 Å². The number of carbonyl (C=O) groups excluding carboxylic acids is 1. The molecule has 9 heteroatoms. The lowest BCUT2D eigenvalue weighted by Crippen LogP contribution is -2.49. The van der Waals surface area contributed by atoms with Crippen molar-refractivity contribution < 1.29 is 9.18 Å². The Kier molecular flexibility index (Phi) is 8.00. The normalized spacial score (nSPS) is 13.8. The van der Waals surface area contributed by atoms with E-state index in [2.05, 4.69) is 24.0 Å². The first-order chi connectivity index (χ1) is 18.4. The lowest BCUT2D eigenvalue weighted by Gasteiger charge is -2.36. The third-order valence-corrected chi connectivity index (χ3v) is 7.82. The molecule has 0 saturated carbocycles. The Morgan fingerprint density at radius 1 is 0.974 bits per heavy atom. The molecule has 0 bridgehead atoms. The predicted molar refractivity (Wildman–Crippen MR) is 151 cm³/mol. The zero-order valence-electron chi connectivity index (χ0n) is 21.3. The first-order valence-electron chi connectivity index (χ1n) is 12.6. The molecule has 1 aliphatic heterocycles.